The molecule has 0 bridgehead atoms. The van der Waals surface area contributed by atoms with E-state index >= 15 is 0 Å². The standard InChI is InChI=1S/C12H27NS/c1-11(2,3)7-9-14-10-8-13-12(4,5)6/h13H,7-10H2,1-6H3. The fourth-order valence-electron chi connectivity index (χ4n) is 0.979. The van der Waals surface area contributed by atoms with Gasteiger partial charge >= 0.3 is 0 Å². The van der Waals surface area contributed by atoms with Gasteiger partial charge < -0.3 is 5.32 Å². The van der Waals surface area contributed by atoms with E-state index < -0.39 is 0 Å². The topological polar surface area (TPSA) is 12.0 Å². The van der Waals surface area contributed by atoms with Crippen molar-refractivity contribution in [2.45, 2.75) is 53.5 Å². The molecule has 14 heavy (non-hydrogen) atoms. The van der Waals surface area contributed by atoms with Crippen LogP contribution in [-0.2, 0) is 0 Å². The van der Waals surface area contributed by atoms with Gasteiger partial charge in [-0.25, -0.2) is 0 Å². The van der Waals surface area contributed by atoms with Crippen molar-refractivity contribution in [2.24, 2.45) is 5.41 Å². The molecule has 0 fully saturated rings. The predicted octanol–water partition coefficient (Wildman–Crippen LogP) is 3.54. The third-order valence-corrected chi connectivity index (χ3v) is 2.88. The second kappa shape index (κ2) is 6.02. The molecule has 0 amide bonds. The largest absolute Gasteiger partial charge is 0.311 e. The lowest BCUT2D eigenvalue weighted by atomic mass is 9.94. The predicted molar refractivity (Wildman–Crippen MR) is 69.2 cm³/mol. The molecule has 0 spiro atoms. The molecule has 0 unspecified atom stereocenters. The van der Waals surface area contributed by atoms with Crippen molar-refractivity contribution in [1.29, 1.82) is 0 Å². The van der Waals surface area contributed by atoms with Crippen molar-refractivity contribution in [1.82, 2.24) is 5.32 Å². The van der Waals surface area contributed by atoms with E-state index in [-0.39, 0.29) is 5.54 Å². The minimum Gasteiger partial charge on any atom is -0.311 e. The Labute approximate surface area is 94.4 Å². The summed E-state index contributed by atoms with van der Waals surface area (Å²) in [6.45, 7) is 14.7. The van der Waals surface area contributed by atoms with E-state index in [0.29, 0.717) is 5.41 Å². The molecular weight excluding hydrogens is 190 g/mol. The maximum absolute atomic E-state index is 3.50. The summed E-state index contributed by atoms with van der Waals surface area (Å²) in [7, 11) is 0. The third kappa shape index (κ3) is 12.3. The summed E-state index contributed by atoms with van der Waals surface area (Å²) >= 11 is 2.06. The third-order valence-electron chi connectivity index (χ3n) is 1.90. The minimum absolute atomic E-state index is 0.268. The zero-order valence-electron chi connectivity index (χ0n) is 10.7. The first kappa shape index (κ1) is 14.3. The maximum Gasteiger partial charge on any atom is 0.00968 e. The molecule has 0 radical (unpaired) electrons. The highest BCUT2D eigenvalue weighted by molar-refractivity contribution is 7.99. The number of nitrogens with one attached hydrogen (secondary N) is 1. The first-order valence-corrected chi connectivity index (χ1v) is 6.69. The quantitative estimate of drug-likeness (QED) is 0.707. The van der Waals surface area contributed by atoms with E-state index in [1.807, 2.05) is 0 Å². The summed E-state index contributed by atoms with van der Waals surface area (Å²) < 4.78 is 0. The fourth-order valence-corrected chi connectivity index (χ4v) is 2.19. The van der Waals surface area contributed by atoms with Crippen LogP contribution in [0.1, 0.15) is 48.0 Å². The molecule has 0 saturated heterocycles. The molecule has 0 saturated carbocycles. The van der Waals surface area contributed by atoms with Crippen molar-refractivity contribution in [3.63, 3.8) is 0 Å². The van der Waals surface area contributed by atoms with Crippen LogP contribution in [0.2, 0.25) is 0 Å². The lowest BCUT2D eigenvalue weighted by Gasteiger charge is -2.21. The average Bonchev–Trinajstić information content (AvgIpc) is 1.92. The number of hydrogen-bond donors (Lipinski definition) is 1. The van der Waals surface area contributed by atoms with Gasteiger partial charge in [0.25, 0.3) is 0 Å². The van der Waals surface area contributed by atoms with E-state index in [0.717, 1.165) is 6.54 Å². The van der Waals surface area contributed by atoms with Crippen molar-refractivity contribution in [3.8, 4) is 0 Å². The summed E-state index contributed by atoms with van der Waals surface area (Å²) in [5.74, 6) is 2.52. The van der Waals surface area contributed by atoms with Gasteiger partial charge in [-0.1, -0.05) is 20.8 Å². The second-order valence-electron chi connectivity index (χ2n) is 6.10. The van der Waals surface area contributed by atoms with Crippen LogP contribution in [0, 0.1) is 5.41 Å². The highest BCUT2D eigenvalue weighted by atomic mass is 32.2. The SMILES string of the molecule is CC(C)(C)CCSCCNC(C)(C)C. The molecule has 1 N–H and O–H groups in total. The summed E-state index contributed by atoms with van der Waals surface area (Å²) in [5, 5.41) is 3.50. The second-order valence-corrected chi connectivity index (χ2v) is 7.32. The van der Waals surface area contributed by atoms with Crippen LogP contribution in [0.3, 0.4) is 0 Å². The van der Waals surface area contributed by atoms with Crippen molar-refractivity contribution >= 4 is 11.8 Å². The van der Waals surface area contributed by atoms with Crippen LogP contribution in [0.25, 0.3) is 0 Å². The molecular formula is C12H27NS. The van der Waals surface area contributed by atoms with E-state index in [9.17, 15) is 0 Å². The highest BCUT2D eigenvalue weighted by Gasteiger charge is 2.10. The van der Waals surface area contributed by atoms with Gasteiger partial charge in [0.15, 0.2) is 0 Å². The number of hydrogen-bond acceptors (Lipinski definition) is 2. The first-order chi connectivity index (χ1) is 6.21. The summed E-state index contributed by atoms with van der Waals surface area (Å²) in [6.07, 6.45) is 1.31. The normalized spacial score (nSPS) is 13.3. The van der Waals surface area contributed by atoms with Gasteiger partial charge in [-0.05, 0) is 38.4 Å². The lowest BCUT2D eigenvalue weighted by molar-refractivity contribution is 0.401. The molecule has 1 nitrogen and oxygen atoms in total. The molecule has 0 aromatic carbocycles. The minimum atomic E-state index is 0.268. The number of thioether (sulfide) groups is 1. The van der Waals surface area contributed by atoms with Gasteiger partial charge in [-0.2, -0.15) is 11.8 Å². The Morgan fingerprint density at radius 2 is 1.50 bits per heavy atom. The monoisotopic (exact) mass is 217 g/mol. The van der Waals surface area contributed by atoms with Crippen molar-refractivity contribution < 1.29 is 0 Å². The van der Waals surface area contributed by atoms with Crippen molar-refractivity contribution in [3.05, 3.63) is 0 Å². The van der Waals surface area contributed by atoms with Gasteiger partial charge in [0.05, 0.1) is 0 Å². The Morgan fingerprint density at radius 1 is 0.929 bits per heavy atom. The zero-order valence-corrected chi connectivity index (χ0v) is 11.6. The highest BCUT2D eigenvalue weighted by Crippen LogP contribution is 2.21. The molecule has 0 aromatic heterocycles. The van der Waals surface area contributed by atoms with Crippen LogP contribution < -0.4 is 5.32 Å². The fraction of sp³-hybridized carbons (Fsp3) is 1.00. The van der Waals surface area contributed by atoms with Crippen LogP contribution in [0.4, 0.5) is 0 Å². The first-order valence-electron chi connectivity index (χ1n) is 5.53. The Hall–Kier alpha value is 0.310. The molecule has 0 heterocycles. The lowest BCUT2D eigenvalue weighted by Crippen LogP contribution is -2.37. The van der Waals surface area contributed by atoms with E-state index in [1.165, 1.54) is 17.9 Å². The Bertz CT molecular complexity index is 123. The van der Waals surface area contributed by atoms with Crippen LogP contribution in [0.15, 0.2) is 0 Å². The Balaban J connectivity index is 3.23. The molecule has 0 rings (SSSR count). The van der Waals surface area contributed by atoms with E-state index in [2.05, 4.69) is 58.6 Å². The molecule has 0 aliphatic rings. The number of rotatable bonds is 5. The van der Waals surface area contributed by atoms with Gasteiger partial charge in [0, 0.05) is 17.8 Å². The van der Waals surface area contributed by atoms with E-state index in [4.69, 9.17) is 0 Å². The van der Waals surface area contributed by atoms with Gasteiger partial charge in [-0.3, -0.25) is 0 Å². The molecule has 86 valence electrons. The van der Waals surface area contributed by atoms with Gasteiger partial charge in [0.2, 0.25) is 0 Å². The summed E-state index contributed by atoms with van der Waals surface area (Å²) in [4.78, 5) is 0. The average molecular weight is 217 g/mol. The molecule has 0 aromatic rings. The van der Waals surface area contributed by atoms with E-state index in [1.54, 1.807) is 0 Å². The molecule has 0 atom stereocenters. The maximum atomic E-state index is 3.50. The van der Waals surface area contributed by atoms with Crippen LogP contribution in [-0.4, -0.2) is 23.6 Å². The summed E-state index contributed by atoms with van der Waals surface area (Å²) in [5.41, 5.74) is 0.759. The summed E-state index contributed by atoms with van der Waals surface area (Å²) in [6, 6.07) is 0. The van der Waals surface area contributed by atoms with Crippen molar-refractivity contribution in [2.75, 3.05) is 18.1 Å². The van der Waals surface area contributed by atoms with Crippen LogP contribution >= 0.6 is 11.8 Å². The molecule has 0 aliphatic heterocycles. The Kier molecular flexibility index (Phi) is 6.15. The molecule has 2 heteroatoms. The van der Waals surface area contributed by atoms with Gasteiger partial charge in [0.1, 0.15) is 0 Å². The molecule has 0 aliphatic carbocycles. The van der Waals surface area contributed by atoms with Gasteiger partial charge in [-0.15, -0.1) is 0 Å². The Morgan fingerprint density at radius 3 is 1.93 bits per heavy atom. The van der Waals surface area contributed by atoms with Crippen LogP contribution in [0.5, 0.6) is 0 Å². The zero-order chi connectivity index (χ0) is 11.2. The smallest absolute Gasteiger partial charge is 0.00968 e.